The Labute approximate surface area is 158 Å². The van der Waals surface area contributed by atoms with Gasteiger partial charge in [-0.25, -0.2) is 4.98 Å². The number of rotatable bonds is 4. The van der Waals surface area contributed by atoms with Crippen molar-refractivity contribution in [3.8, 4) is 11.5 Å². The van der Waals surface area contributed by atoms with Crippen molar-refractivity contribution in [3.63, 3.8) is 0 Å². The fourth-order valence-corrected chi connectivity index (χ4v) is 2.93. The molecule has 0 saturated heterocycles. The Kier molecular flexibility index (Phi) is 4.34. The lowest BCUT2D eigenvalue weighted by atomic mass is 10.1. The number of aryl methyl sites for hydroxylation is 1. The monoisotopic (exact) mass is 410 g/mol. The Balaban J connectivity index is 1.46. The molecule has 130 valence electrons. The number of hydrogen-bond acceptors (Lipinski definition) is 4. The third-order valence-corrected chi connectivity index (χ3v) is 4.42. The molecule has 4 aromatic rings. The number of furan rings is 1. The van der Waals surface area contributed by atoms with Gasteiger partial charge in [0.25, 0.3) is 5.91 Å². The standard InChI is InChI=1S/C20H15BrN2O3/c1-12-2-7-15-17(10-12)26-20(23-15)14-5-3-13(4-6-14)11-22-19(24)16-8-9-18(21)25-16/h2-10H,11H2,1H3,(H,22,24). The van der Waals surface area contributed by atoms with Gasteiger partial charge in [-0.1, -0.05) is 18.2 Å². The normalized spacial score (nSPS) is 11.0. The van der Waals surface area contributed by atoms with Gasteiger partial charge in [0.1, 0.15) is 5.52 Å². The highest BCUT2D eigenvalue weighted by Crippen LogP contribution is 2.25. The molecule has 2 heterocycles. The maximum atomic E-state index is 12.0. The summed E-state index contributed by atoms with van der Waals surface area (Å²) in [5, 5.41) is 2.82. The number of carbonyl (C=O) groups excluding carboxylic acids is 1. The Hall–Kier alpha value is -2.86. The molecule has 0 bridgehead atoms. The third kappa shape index (κ3) is 3.41. The van der Waals surface area contributed by atoms with Crippen LogP contribution in [0.1, 0.15) is 21.7 Å². The second-order valence-corrected chi connectivity index (χ2v) is 6.76. The van der Waals surface area contributed by atoms with E-state index in [0.717, 1.165) is 27.8 Å². The van der Waals surface area contributed by atoms with Gasteiger partial charge in [0.2, 0.25) is 5.89 Å². The van der Waals surface area contributed by atoms with E-state index in [1.165, 1.54) is 0 Å². The first-order valence-corrected chi connectivity index (χ1v) is 8.88. The summed E-state index contributed by atoms with van der Waals surface area (Å²) >= 11 is 3.18. The largest absolute Gasteiger partial charge is 0.444 e. The minimum absolute atomic E-state index is 0.255. The molecule has 26 heavy (non-hydrogen) atoms. The summed E-state index contributed by atoms with van der Waals surface area (Å²) in [5.74, 6) is 0.603. The minimum Gasteiger partial charge on any atom is -0.444 e. The molecule has 2 aromatic carbocycles. The Bertz CT molecular complexity index is 1080. The van der Waals surface area contributed by atoms with Crippen molar-refractivity contribution in [2.75, 3.05) is 0 Å². The number of amides is 1. The molecule has 0 aliphatic carbocycles. The van der Waals surface area contributed by atoms with Crippen molar-refractivity contribution in [1.82, 2.24) is 10.3 Å². The lowest BCUT2D eigenvalue weighted by Gasteiger charge is -2.04. The van der Waals surface area contributed by atoms with E-state index < -0.39 is 0 Å². The van der Waals surface area contributed by atoms with Gasteiger partial charge in [-0.2, -0.15) is 0 Å². The van der Waals surface area contributed by atoms with Gasteiger partial charge in [-0.15, -0.1) is 0 Å². The number of halogens is 1. The number of fused-ring (bicyclic) bond motifs is 1. The predicted octanol–water partition coefficient (Wildman–Crippen LogP) is 5.09. The number of oxazole rings is 1. The van der Waals surface area contributed by atoms with Crippen LogP contribution in [0.15, 0.2) is 68.1 Å². The zero-order valence-corrected chi connectivity index (χ0v) is 15.5. The summed E-state index contributed by atoms with van der Waals surface area (Å²) in [7, 11) is 0. The maximum Gasteiger partial charge on any atom is 0.287 e. The van der Waals surface area contributed by atoms with Crippen LogP contribution in [0.25, 0.3) is 22.6 Å². The highest BCUT2D eigenvalue weighted by Gasteiger charge is 2.11. The van der Waals surface area contributed by atoms with Crippen molar-refractivity contribution in [1.29, 1.82) is 0 Å². The predicted molar refractivity (Wildman–Crippen MR) is 102 cm³/mol. The second kappa shape index (κ2) is 6.80. The van der Waals surface area contributed by atoms with Gasteiger partial charge in [0, 0.05) is 12.1 Å². The summed E-state index contributed by atoms with van der Waals surface area (Å²) in [6, 6.07) is 17.0. The second-order valence-electron chi connectivity index (χ2n) is 5.97. The molecule has 0 atom stereocenters. The molecular weight excluding hydrogens is 396 g/mol. The van der Waals surface area contributed by atoms with Crippen LogP contribution in [-0.4, -0.2) is 10.9 Å². The fraction of sp³-hybridized carbons (Fsp3) is 0.100. The molecule has 0 saturated carbocycles. The highest BCUT2D eigenvalue weighted by molar-refractivity contribution is 9.10. The van der Waals surface area contributed by atoms with E-state index in [1.54, 1.807) is 12.1 Å². The molecule has 0 fully saturated rings. The number of aromatic nitrogens is 1. The SMILES string of the molecule is Cc1ccc2nc(-c3ccc(CNC(=O)c4ccc(Br)o4)cc3)oc2c1. The van der Waals surface area contributed by atoms with Crippen LogP contribution in [-0.2, 0) is 6.54 Å². The zero-order chi connectivity index (χ0) is 18.1. The van der Waals surface area contributed by atoms with E-state index >= 15 is 0 Å². The molecule has 0 unspecified atom stereocenters. The molecule has 5 nitrogen and oxygen atoms in total. The Morgan fingerprint density at radius 2 is 1.88 bits per heavy atom. The lowest BCUT2D eigenvalue weighted by Crippen LogP contribution is -2.22. The van der Waals surface area contributed by atoms with Gasteiger partial charge in [0.15, 0.2) is 16.0 Å². The van der Waals surface area contributed by atoms with E-state index in [4.69, 9.17) is 8.83 Å². The van der Waals surface area contributed by atoms with Crippen molar-refractivity contribution in [2.45, 2.75) is 13.5 Å². The molecule has 6 heteroatoms. The average molecular weight is 411 g/mol. The van der Waals surface area contributed by atoms with Gasteiger partial charge in [0.05, 0.1) is 0 Å². The van der Waals surface area contributed by atoms with Crippen LogP contribution < -0.4 is 5.32 Å². The van der Waals surface area contributed by atoms with E-state index in [9.17, 15) is 4.79 Å². The molecule has 0 aliphatic rings. The number of hydrogen-bond donors (Lipinski definition) is 1. The summed E-state index contributed by atoms with van der Waals surface area (Å²) in [4.78, 5) is 16.5. The minimum atomic E-state index is -0.255. The summed E-state index contributed by atoms with van der Waals surface area (Å²) in [6.07, 6.45) is 0. The molecule has 0 aliphatic heterocycles. The average Bonchev–Trinajstić information content (AvgIpc) is 3.26. The van der Waals surface area contributed by atoms with Crippen molar-refractivity contribution < 1.29 is 13.6 Å². The fourth-order valence-electron chi connectivity index (χ4n) is 2.63. The van der Waals surface area contributed by atoms with Crippen LogP contribution in [0.5, 0.6) is 0 Å². The van der Waals surface area contributed by atoms with Crippen molar-refractivity contribution in [3.05, 3.63) is 76.2 Å². The van der Waals surface area contributed by atoms with Crippen LogP contribution in [0.2, 0.25) is 0 Å². The molecule has 1 amide bonds. The lowest BCUT2D eigenvalue weighted by molar-refractivity contribution is 0.0922. The van der Waals surface area contributed by atoms with Crippen LogP contribution in [0, 0.1) is 6.92 Å². The smallest absolute Gasteiger partial charge is 0.287 e. The molecule has 1 N–H and O–H groups in total. The molecule has 2 aromatic heterocycles. The zero-order valence-electron chi connectivity index (χ0n) is 14.0. The first-order valence-electron chi connectivity index (χ1n) is 8.08. The van der Waals surface area contributed by atoms with Crippen LogP contribution in [0.4, 0.5) is 0 Å². The molecule has 0 spiro atoms. The topological polar surface area (TPSA) is 68.3 Å². The van der Waals surface area contributed by atoms with Crippen molar-refractivity contribution >= 4 is 32.9 Å². The van der Waals surface area contributed by atoms with Crippen LogP contribution in [0.3, 0.4) is 0 Å². The first kappa shape index (κ1) is 16.6. The summed E-state index contributed by atoms with van der Waals surface area (Å²) in [6.45, 7) is 2.43. The van der Waals surface area contributed by atoms with E-state index in [0.29, 0.717) is 17.1 Å². The van der Waals surface area contributed by atoms with E-state index in [-0.39, 0.29) is 11.7 Å². The van der Waals surface area contributed by atoms with E-state index in [2.05, 4.69) is 26.2 Å². The van der Waals surface area contributed by atoms with Crippen LogP contribution >= 0.6 is 15.9 Å². The summed E-state index contributed by atoms with van der Waals surface area (Å²) in [5.41, 5.74) is 4.62. The quantitative estimate of drug-likeness (QED) is 0.508. The number of benzene rings is 2. The molecule has 0 radical (unpaired) electrons. The highest BCUT2D eigenvalue weighted by atomic mass is 79.9. The van der Waals surface area contributed by atoms with Gasteiger partial charge >= 0.3 is 0 Å². The third-order valence-electron chi connectivity index (χ3n) is 3.99. The summed E-state index contributed by atoms with van der Waals surface area (Å²) < 4.78 is 11.6. The van der Waals surface area contributed by atoms with Gasteiger partial charge < -0.3 is 14.2 Å². The number of nitrogens with zero attached hydrogens (tertiary/aromatic N) is 1. The molecule has 4 rings (SSSR count). The molecular formula is C20H15BrN2O3. The van der Waals surface area contributed by atoms with Gasteiger partial charge in [-0.3, -0.25) is 4.79 Å². The number of carbonyl (C=O) groups is 1. The Morgan fingerprint density at radius 1 is 1.08 bits per heavy atom. The first-order chi connectivity index (χ1) is 12.6. The maximum absolute atomic E-state index is 12.0. The van der Waals surface area contributed by atoms with E-state index in [1.807, 2.05) is 49.4 Å². The Morgan fingerprint density at radius 3 is 2.62 bits per heavy atom. The number of nitrogens with one attached hydrogen (secondary N) is 1. The van der Waals surface area contributed by atoms with Gasteiger partial charge in [-0.05, 0) is 70.4 Å². The van der Waals surface area contributed by atoms with Crippen molar-refractivity contribution in [2.24, 2.45) is 0 Å².